The van der Waals surface area contributed by atoms with Gasteiger partial charge in [-0.3, -0.25) is 4.79 Å². The number of anilines is 1. The lowest BCUT2D eigenvalue weighted by Crippen LogP contribution is -2.34. The molecule has 1 aromatic heterocycles. The Morgan fingerprint density at radius 1 is 1.76 bits per heavy atom. The summed E-state index contributed by atoms with van der Waals surface area (Å²) >= 11 is 1.21. The molecule has 0 spiro atoms. The number of rotatable bonds is 4. The Labute approximate surface area is 105 Å². The van der Waals surface area contributed by atoms with Gasteiger partial charge in [-0.2, -0.15) is 0 Å². The number of hydrogen-bond acceptors (Lipinski definition) is 5. The van der Waals surface area contributed by atoms with E-state index >= 15 is 0 Å². The maximum Gasteiger partial charge on any atom is 0.225 e. The highest BCUT2D eigenvalue weighted by atomic mass is 32.1. The van der Waals surface area contributed by atoms with Crippen molar-refractivity contribution >= 4 is 22.4 Å². The van der Waals surface area contributed by atoms with E-state index in [9.17, 15) is 4.79 Å². The molecule has 1 aliphatic heterocycles. The van der Waals surface area contributed by atoms with Crippen LogP contribution in [0.1, 0.15) is 26.2 Å². The fraction of sp³-hybridized carbons (Fsp3) is 0.727. The second kappa shape index (κ2) is 6.07. The lowest BCUT2D eigenvalue weighted by atomic mass is 9.85. The Morgan fingerprint density at radius 3 is 3.29 bits per heavy atom. The topological polar surface area (TPSA) is 66.9 Å². The molecule has 2 heterocycles. The average Bonchev–Trinajstić information content (AvgIpc) is 2.82. The monoisotopic (exact) mass is 254 g/mol. The molecule has 0 radical (unpaired) electrons. The third-order valence-corrected chi connectivity index (χ3v) is 3.85. The lowest BCUT2D eigenvalue weighted by Gasteiger charge is -2.27. The first-order valence-electron chi connectivity index (χ1n) is 6.03. The smallest absolute Gasteiger partial charge is 0.225 e. The Kier molecular flexibility index (Phi) is 4.44. The van der Waals surface area contributed by atoms with Gasteiger partial charge in [0.15, 0.2) is 0 Å². The van der Waals surface area contributed by atoms with E-state index in [-0.39, 0.29) is 5.91 Å². The standard InChI is InChI=1S/C11H18N4OS/c1-8(9-3-2-4-12-6-9)5-10(16)14-11-7-13-15-17-11/h7-9,12H,2-6H2,1H3,(H,14,16). The minimum absolute atomic E-state index is 0.0640. The molecule has 0 saturated carbocycles. The van der Waals surface area contributed by atoms with E-state index in [1.807, 2.05) is 0 Å². The average molecular weight is 254 g/mol. The fourth-order valence-electron chi connectivity index (χ4n) is 2.23. The molecular weight excluding hydrogens is 236 g/mol. The number of hydrogen-bond donors (Lipinski definition) is 2. The minimum Gasteiger partial charge on any atom is -0.316 e. The summed E-state index contributed by atoms with van der Waals surface area (Å²) in [5, 5.41) is 10.6. The number of piperidine rings is 1. The van der Waals surface area contributed by atoms with Crippen LogP contribution in [0.3, 0.4) is 0 Å². The van der Waals surface area contributed by atoms with E-state index < -0.39 is 0 Å². The van der Waals surface area contributed by atoms with Gasteiger partial charge in [0.2, 0.25) is 5.91 Å². The highest BCUT2D eigenvalue weighted by Gasteiger charge is 2.22. The zero-order valence-corrected chi connectivity index (χ0v) is 10.8. The van der Waals surface area contributed by atoms with E-state index in [4.69, 9.17) is 0 Å². The summed E-state index contributed by atoms with van der Waals surface area (Å²) in [6, 6.07) is 0. The van der Waals surface area contributed by atoms with Crippen LogP contribution in [-0.2, 0) is 4.79 Å². The van der Waals surface area contributed by atoms with Crippen molar-refractivity contribution in [2.24, 2.45) is 11.8 Å². The van der Waals surface area contributed by atoms with Crippen LogP contribution < -0.4 is 10.6 Å². The Hall–Kier alpha value is -1.01. The van der Waals surface area contributed by atoms with Crippen LogP contribution in [0, 0.1) is 11.8 Å². The van der Waals surface area contributed by atoms with Crippen LogP contribution in [0.5, 0.6) is 0 Å². The number of nitrogens with one attached hydrogen (secondary N) is 2. The highest BCUT2D eigenvalue weighted by molar-refractivity contribution is 7.10. The molecule has 1 aliphatic rings. The number of carbonyl (C=O) groups excluding carboxylic acids is 1. The van der Waals surface area contributed by atoms with Crippen LogP contribution in [-0.4, -0.2) is 28.6 Å². The van der Waals surface area contributed by atoms with Crippen molar-refractivity contribution in [3.05, 3.63) is 6.20 Å². The van der Waals surface area contributed by atoms with E-state index in [2.05, 4.69) is 27.1 Å². The van der Waals surface area contributed by atoms with E-state index in [1.54, 1.807) is 6.20 Å². The van der Waals surface area contributed by atoms with Crippen LogP contribution in [0.2, 0.25) is 0 Å². The second-order valence-corrected chi connectivity index (χ2v) is 5.40. The number of amides is 1. The van der Waals surface area contributed by atoms with Crippen molar-refractivity contribution in [1.82, 2.24) is 14.9 Å². The van der Waals surface area contributed by atoms with E-state index in [1.165, 1.54) is 24.4 Å². The van der Waals surface area contributed by atoms with Gasteiger partial charge in [-0.15, -0.1) is 5.10 Å². The fourth-order valence-corrected chi connectivity index (χ4v) is 2.67. The molecule has 94 valence electrons. The third-order valence-electron chi connectivity index (χ3n) is 3.27. The predicted octanol–water partition coefficient (Wildman–Crippen LogP) is 1.50. The first-order chi connectivity index (χ1) is 8.25. The number of carbonyl (C=O) groups is 1. The molecule has 17 heavy (non-hydrogen) atoms. The first-order valence-corrected chi connectivity index (χ1v) is 6.81. The van der Waals surface area contributed by atoms with Crippen molar-refractivity contribution in [1.29, 1.82) is 0 Å². The summed E-state index contributed by atoms with van der Waals surface area (Å²) in [7, 11) is 0. The summed E-state index contributed by atoms with van der Waals surface area (Å²) in [6.07, 6.45) is 4.60. The Balaban J connectivity index is 1.77. The van der Waals surface area contributed by atoms with Gasteiger partial charge >= 0.3 is 0 Å². The number of aromatic nitrogens is 2. The Bertz CT molecular complexity index is 348. The van der Waals surface area contributed by atoms with Gasteiger partial charge in [0.05, 0.1) is 6.20 Å². The zero-order chi connectivity index (χ0) is 12.1. The normalized spacial score (nSPS) is 22.1. The molecule has 0 aliphatic carbocycles. The summed E-state index contributed by atoms with van der Waals surface area (Å²) in [4.78, 5) is 11.8. The molecule has 1 aromatic rings. The maximum atomic E-state index is 11.8. The van der Waals surface area contributed by atoms with Crippen molar-refractivity contribution < 1.29 is 4.79 Å². The molecular formula is C11H18N4OS. The van der Waals surface area contributed by atoms with E-state index in [0.29, 0.717) is 18.3 Å². The van der Waals surface area contributed by atoms with Crippen LogP contribution in [0.4, 0.5) is 5.00 Å². The quantitative estimate of drug-likeness (QED) is 0.854. The largest absolute Gasteiger partial charge is 0.316 e. The van der Waals surface area contributed by atoms with Gasteiger partial charge in [0.25, 0.3) is 0 Å². The molecule has 0 bridgehead atoms. The SMILES string of the molecule is CC(CC(=O)Nc1cnns1)C1CCCNC1. The van der Waals surface area contributed by atoms with Crippen molar-refractivity contribution in [3.8, 4) is 0 Å². The van der Waals surface area contributed by atoms with Crippen molar-refractivity contribution in [3.63, 3.8) is 0 Å². The lowest BCUT2D eigenvalue weighted by molar-refractivity contribution is -0.117. The van der Waals surface area contributed by atoms with Crippen molar-refractivity contribution in [2.45, 2.75) is 26.2 Å². The highest BCUT2D eigenvalue weighted by Crippen LogP contribution is 2.23. The minimum atomic E-state index is 0.0640. The molecule has 1 saturated heterocycles. The molecule has 5 nitrogen and oxygen atoms in total. The van der Waals surface area contributed by atoms with Gasteiger partial charge in [-0.05, 0) is 37.8 Å². The molecule has 2 atom stereocenters. The van der Waals surface area contributed by atoms with Crippen molar-refractivity contribution in [2.75, 3.05) is 18.4 Å². The predicted molar refractivity (Wildman–Crippen MR) is 67.9 cm³/mol. The molecule has 2 unspecified atom stereocenters. The number of nitrogens with zero attached hydrogens (tertiary/aromatic N) is 2. The first kappa shape index (κ1) is 12.4. The summed E-state index contributed by atoms with van der Waals surface area (Å²) < 4.78 is 3.71. The summed E-state index contributed by atoms with van der Waals surface area (Å²) in [5.41, 5.74) is 0. The second-order valence-electron chi connectivity index (χ2n) is 4.62. The molecule has 1 fully saturated rings. The van der Waals surface area contributed by atoms with Gasteiger partial charge in [0, 0.05) is 18.0 Å². The van der Waals surface area contributed by atoms with Gasteiger partial charge in [-0.1, -0.05) is 11.4 Å². The molecule has 1 amide bonds. The summed E-state index contributed by atoms with van der Waals surface area (Å²) in [5.74, 6) is 1.10. The third kappa shape index (κ3) is 3.74. The zero-order valence-electron chi connectivity index (χ0n) is 9.98. The molecule has 6 heteroatoms. The molecule has 0 aromatic carbocycles. The molecule has 2 N–H and O–H groups in total. The van der Waals surface area contributed by atoms with Gasteiger partial charge in [0.1, 0.15) is 5.00 Å². The maximum absolute atomic E-state index is 11.8. The summed E-state index contributed by atoms with van der Waals surface area (Å²) in [6.45, 7) is 4.31. The van der Waals surface area contributed by atoms with Gasteiger partial charge < -0.3 is 10.6 Å². The Morgan fingerprint density at radius 2 is 2.65 bits per heavy atom. The molecule has 2 rings (SSSR count). The van der Waals surface area contributed by atoms with Crippen LogP contribution in [0.25, 0.3) is 0 Å². The van der Waals surface area contributed by atoms with E-state index in [0.717, 1.165) is 18.1 Å². The van der Waals surface area contributed by atoms with Gasteiger partial charge in [-0.25, -0.2) is 0 Å². The van der Waals surface area contributed by atoms with Crippen LogP contribution >= 0.6 is 11.5 Å². The van der Waals surface area contributed by atoms with Crippen LogP contribution in [0.15, 0.2) is 6.20 Å².